The van der Waals surface area contributed by atoms with Crippen molar-refractivity contribution in [1.82, 2.24) is 0 Å². The van der Waals surface area contributed by atoms with E-state index in [1.807, 2.05) is 13.8 Å². The van der Waals surface area contributed by atoms with Crippen molar-refractivity contribution in [1.29, 1.82) is 0 Å². The van der Waals surface area contributed by atoms with Crippen molar-refractivity contribution in [3.05, 3.63) is 11.8 Å². The van der Waals surface area contributed by atoms with E-state index in [-0.39, 0.29) is 12.0 Å². The highest BCUT2D eigenvalue weighted by atomic mass is 79.9. The highest BCUT2D eigenvalue weighted by Gasteiger charge is 2.56. The predicted octanol–water partition coefficient (Wildman–Crippen LogP) is 2.17. The highest BCUT2D eigenvalue weighted by Crippen LogP contribution is 2.38. The number of rotatable bonds is 5. The standard InChI is InChI=1S/C14H21BrO5/c1-7(2)11(15)14(18,13(17)19-8(3)4)10-6-9(5)20-12(10)16/h6-8,10-11,18H,1-5H3/t10-,11-,14+/m1/s1. The summed E-state index contributed by atoms with van der Waals surface area (Å²) in [6.07, 6.45) is 1.07. The largest absolute Gasteiger partial charge is 0.461 e. The molecular formula is C14H21BrO5. The zero-order chi connectivity index (χ0) is 15.7. The lowest BCUT2D eigenvalue weighted by Gasteiger charge is -2.35. The van der Waals surface area contributed by atoms with Crippen molar-refractivity contribution >= 4 is 27.9 Å². The second-order valence-corrected chi connectivity index (χ2v) is 6.59. The zero-order valence-corrected chi connectivity index (χ0v) is 13.9. The molecule has 20 heavy (non-hydrogen) atoms. The van der Waals surface area contributed by atoms with Crippen molar-refractivity contribution in [3.63, 3.8) is 0 Å². The summed E-state index contributed by atoms with van der Waals surface area (Å²) < 4.78 is 10.1. The lowest BCUT2D eigenvalue weighted by atomic mass is 9.80. The Kier molecular flexibility index (Phi) is 5.38. The number of aliphatic hydroxyl groups is 1. The van der Waals surface area contributed by atoms with Crippen LogP contribution in [0.2, 0.25) is 0 Å². The minimum absolute atomic E-state index is 0.0816. The molecule has 1 aliphatic rings. The summed E-state index contributed by atoms with van der Waals surface area (Å²) in [6.45, 7) is 8.65. The Hall–Kier alpha value is -0.880. The molecular weight excluding hydrogens is 328 g/mol. The molecule has 0 saturated carbocycles. The number of carbonyl (C=O) groups excluding carboxylic acids is 2. The fourth-order valence-electron chi connectivity index (χ4n) is 2.09. The number of ether oxygens (including phenoxy) is 2. The van der Waals surface area contributed by atoms with E-state index in [1.165, 1.54) is 6.08 Å². The number of hydrogen-bond acceptors (Lipinski definition) is 5. The Morgan fingerprint density at radius 1 is 1.45 bits per heavy atom. The average molecular weight is 349 g/mol. The summed E-state index contributed by atoms with van der Waals surface area (Å²) in [5.41, 5.74) is -1.99. The molecule has 1 aliphatic heterocycles. The van der Waals surface area contributed by atoms with Gasteiger partial charge in [-0.15, -0.1) is 0 Å². The average Bonchev–Trinajstić information content (AvgIpc) is 2.65. The van der Waals surface area contributed by atoms with Crippen LogP contribution in [0.4, 0.5) is 0 Å². The van der Waals surface area contributed by atoms with E-state index < -0.39 is 28.3 Å². The van der Waals surface area contributed by atoms with E-state index in [0.29, 0.717) is 5.76 Å². The number of hydrogen-bond donors (Lipinski definition) is 1. The third-order valence-corrected chi connectivity index (χ3v) is 4.82. The molecule has 0 radical (unpaired) electrons. The summed E-state index contributed by atoms with van der Waals surface area (Å²) in [4.78, 5) is 23.6. The molecule has 0 saturated heterocycles. The van der Waals surface area contributed by atoms with Crippen molar-refractivity contribution < 1.29 is 24.2 Å². The summed E-state index contributed by atoms with van der Waals surface area (Å²) in [6, 6.07) is 0. The molecule has 0 aromatic rings. The summed E-state index contributed by atoms with van der Waals surface area (Å²) in [5.74, 6) is -2.24. The van der Waals surface area contributed by atoms with Crippen LogP contribution in [-0.4, -0.2) is 33.6 Å². The van der Waals surface area contributed by atoms with Crippen LogP contribution in [0.3, 0.4) is 0 Å². The second kappa shape index (κ2) is 6.26. The molecule has 3 atom stereocenters. The summed E-state index contributed by atoms with van der Waals surface area (Å²) in [5, 5.41) is 10.9. The normalized spacial score (nSPS) is 23.4. The third kappa shape index (κ3) is 3.23. The van der Waals surface area contributed by atoms with Gasteiger partial charge in [-0.2, -0.15) is 0 Å². The highest BCUT2D eigenvalue weighted by molar-refractivity contribution is 9.09. The molecule has 1 N–H and O–H groups in total. The summed E-state index contributed by atoms with van der Waals surface area (Å²) >= 11 is 3.32. The van der Waals surface area contributed by atoms with Gasteiger partial charge in [0.25, 0.3) is 0 Å². The molecule has 0 aromatic heterocycles. The summed E-state index contributed by atoms with van der Waals surface area (Å²) in [7, 11) is 0. The first-order chi connectivity index (χ1) is 9.10. The number of halogens is 1. The lowest BCUT2D eigenvalue weighted by Crippen LogP contribution is -2.57. The number of carbonyl (C=O) groups is 2. The van der Waals surface area contributed by atoms with E-state index >= 15 is 0 Å². The molecule has 0 amide bonds. The topological polar surface area (TPSA) is 72.8 Å². The zero-order valence-electron chi connectivity index (χ0n) is 12.3. The maximum Gasteiger partial charge on any atom is 0.340 e. The van der Waals surface area contributed by atoms with Crippen LogP contribution in [0.15, 0.2) is 11.8 Å². The van der Waals surface area contributed by atoms with Gasteiger partial charge < -0.3 is 14.6 Å². The van der Waals surface area contributed by atoms with Gasteiger partial charge >= 0.3 is 11.9 Å². The quantitative estimate of drug-likeness (QED) is 0.608. The van der Waals surface area contributed by atoms with Crippen molar-refractivity contribution in [3.8, 4) is 0 Å². The SMILES string of the molecule is CC1=C[C@@H]([C@@](O)(C(=O)OC(C)C)[C@H](Br)C(C)C)C(=O)O1. The Bertz CT molecular complexity index is 429. The maximum atomic E-state index is 12.3. The first-order valence-corrected chi connectivity index (χ1v) is 7.49. The molecule has 6 heteroatoms. The van der Waals surface area contributed by atoms with E-state index in [0.717, 1.165) is 0 Å². The van der Waals surface area contributed by atoms with Crippen LogP contribution in [0, 0.1) is 11.8 Å². The molecule has 1 heterocycles. The smallest absolute Gasteiger partial charge is 0.340 e. The first kappa shape index (κ1) is 17.2. The molecule has 0 fully saturated rings. The molecule has 0 spiro atoms. The monoisotopic (exact) mass is 348 g/mol. The van der Waals surface area contributed by atoms with E-state index in [1.54, 1.807) is 20.8 Å². The second-order valence-electron chi connectivity index (χ2n) is 5.60. The van der Waals surface area contributed by atoms with Gasteiger partial charge in [-0.1, -0.05) is 29.8 Å². The molecule has 5 nitrogen and oxygen atoms in total. The molecule has 0 aromatic carbocycles. The Morgan fingerprint density at radius 3 is 2.35 bits per heavy atom. The van der Waals surface area contributed by atoms with Crippen molar-refractivity contribution in [2.75, 3.05) is 0 Å². The maximum absolute atomic E-state index is 12.3. The Morgan fingerprint density at radius 2 is 2.00 bits per heavy atom. The Labute approximate surface area is 127 Å². The van der Waals surface area contributed by atoms with Gasteiger partial charge in [-0.25, -0.2) is 4.79 Å². The number of alkyl halides is 1. The van der Waals surface area contributed by atoms with Crippen LogP contribution in [0.1, 0.15) is 34.6 Å². The van der Waals surface area contributed by atoms with Crippen molar-refractivity contribution in [2.45, 2.75) is 51.2 Å². The van der Waals surface area contributed by atoms with Crippen LogP contribution >= 0.6 is 15.9 Å². The third-order valence-electron chi connectivity index (χ3n) is 3.07. The van der Waals surface area contributed by atoms with Crippen LogP contribution in [0.25, 0.3) is 0 Å². The van der Waals surface area contributed by atoms with Gasteiger partial charge in [0.05, 0.1) is 10.9 Å². The Balaban J connectivity index is 3.20. The minimum Gasteiger partial charge on any atom is -0.461 e. The van der Waals surface area contributed by atoms with E-state index in [9.17, 15) is 14.7 Å². The van der Waals surface area contributed by atoms with Crippen LogP contribution < -0.4 is 0 Å². The number of esters is 2. The van der Waals surface area contributed by atoms with E-state index in [2.05, 4.69) is 15.9 Å². The van der Waals surface area contributed by atoms with Crippen LogP contribution in [-0.2, 0) is 19.1 Å². The fourth-order valence-corrected chi connectivity index (χ4v) is 2.57. The molecule has 0 aliphatic carbocycles. The van der Waals surface area contributed by atoms with Gasteiger partial charge in [0.15, 0.2) is 5.60 Å². The van der Waals surface area contributed by atoms with Gasteiger partial charge in [-0.05, 0) is 32.8 Å². The van der Waals surface area contributed by atoms with Crippen LogP contribution in [0.5, 0.6) is 0 Å². The predicted molar refractivity (Wildman–Crippen MR) is 77.1 cm³/mol. The fraction of sp³-hybridized carbons (Fsp3) is 0.714. The minimum atomic E-state index is -1.99. The van der Waals surface area contributed by atoms with Gasteiger partial charge in [-0.3, -0.25) is 4.79 Å². The van der Waals surface area contributed by atoms with Gasteiger partial charge in [0.2, 0.25) is 0 Å². The number of allylic oxidation sites excluding steroid dienone is 1. The molecule has 0 bridgehead atoms. The van der Waals surface area contributed by atoms with E-state index in [4.69, 9.17) is 9.47 Å². The molecule has 114 valence electrons. The van der Waals surface area contributed by atoms with Crippen molar-refractivity contribution in [2.24, 2.45) is 11.8 Å². The number of cyclic esters (lactones) is 1. The van der Waals surface area contributed by atoms with Gasteiger partial charge in [0.1, 0.15) is 11.7 Å². The lowest BCUT2D eigenvalue weighted by molar-refractivity contribution is -0.179. The van der Waals surface area contributed by atoms with Gasteiger partial charge in [0, 0.05) is 0 Å². The molecule has 0 unspecified atom stereocenters. The molecule has 1 rings (SSSR count). The first-order valence-electron chi connectivity index (χ1n) is 6.58.